The molecule has 2 aromatic carbocycles. The molecule has 0 radical (unpaired) electrons. The van der Waals surface area contributed by atoms with Crippen molar-refractivity contribution in [3.63, 3.8) is 0 Å². The topological polar surface area (TPSA) is 119 Å². The number of aromatic nitrogens is 3. The van der Waals surface area contributed by atoms with Gasteiger partial charge in [0, 0.05) is 31.3 Å². The molecule has 9 nitrogen and oxygen atoms in total. The van der Waals surface area contributed by atoms with E-state index in [0.29, 0.717) is 24.1 Å². The van der Waals surface area contributed by atoms with Crippen LogP contribution in [0.5, 0.6) is 0 Å². The molecule has 0 unspecified atom stereocenters. The standard InChI is InChI=1S/C31H26ClN5O4/c1-21-8-10-22(11-9-21)12-13-26(38)34-28-29(32)37(31(41)35(2)30(28)40)15-4-7-23-14-16-36(27(39)18-23)20-25-6-3-5-24(17-25)19-33/h3,5-6,8-11,14,16-18H,12-13,15,20H2,1-2H3,(H,34,38). The average molecular weight is 568 g/mol. The molecule has 4 rings (SSSR count). The second-order valence-electron chi connectivity index (χ2n) is 9.43. The third-order valence-electron chi connectivity index (χ3n) is 6.38. The zero-order valence-electron chi connectivity index (χ0n) is 22.5. The van der Waals surface area contributed by atoms with Gasteiger partial charge in [-0.15, -0.1) is 0 Å². The second-order valence-corrected chi connectivity index (χ2v) is 9.79. The molecular formula is C31H26ClN5O4. The van der Waals surface area contributed by atoms with E-state index < -0.39 is 17.2 Å². The number of hydrogen-bond acceptors (Lipinski definition) is 5. The van der Waals surface area contributed by atoms with Gasteiger partial charge in [-0.2, -0.15) is 5.26 Å². The fraction of sp³-hybridized carbons (Fsp3) is 0.194. The van der Waals surface area contributed by atoms with Gasteiger partial charge in [0.2, 0.25) is 5.91 Å². The number of carbonyl (C=O) groups is 1. The molecule has 0 bridgehead atoms. The molecule has 0 aliphatic rings. The van der Waals surface area contributed by atoms with Crippen LogP contribution in [0.25, 0.3) is 0 Å². The van der Waals surface area contributed by atoms with E-state index in [1.54, 1.807) is 30.5 Å². The van der Waals surface area contributed by atoms with Gasteiger partial charge in [0.15, 0.2) is 0 Å². The Labute approximate surface area is 240 Å². The van der Waals surface area contributed by atoms with Gasteiger partial charge in [-0.25, -0.2) is 4.79 Å². The number of nitrogens with one attached hydrogen (secondary N) is 1. The quantitative estimate of drug-likeness (QED) is 0.272. The Bertz CT molecular complexity index is 1900. The Morgan fingerprint density at radius 1 is 1.00 bits per heavy atom. The van der Waals surface area contributed by atoms with Crippen LogP contribution in [0.1, 0.15) is 34.2 Å². The predicted molar refractivity (Wildman–Crippen MR) is 157 cm³/mol. The predicted octanol–water partition coefficient (Wildman–Crippen LogP) is 3.21. The summed E-state index contributed by atoms with van der Waals surface area (Å²) < 4.78 is 3.42. The van der Waals surface area contributed by atoms with E-state index in [1.165, 1.54) is 17.7 Å². The van der Waals surface area contributed by atoms with Crippen LogP contribution >= 0.6 is 11.6 Å². The number of benzene rings is 2. The zero-order valence-corrected chi connectivity index (χ0v) is 23.2. The van der Waals surface area contributed by atoms with Crippen molar-refractivity contribution in [3.8, 4) is 17.9 Å². The summed E-state index contributed by atoms with van der Waals surface area (Å²) in [7, 11) is 1.29. The van der Waals surface area contributed by atoms with Gasteiger partial charge in [-0.3, -0.25) is 23.5 Å². The smallest absolute Gasteiger partial charge is 0.319 e. The Balaban J connectivity index is 1.49. The van der Waals surface area contributed by atoms with E-state index in [-0.39, 0.29) is 29.4 Å². The van der Waals surface area contributed by atoms with Gasteiger partial charge in [0.25, 0.3) is 11.1 Å². The Morgan fingerprint density at radius 2 is 1.76 bits per heavy atom. The van der Waals surface area contributed by atoms with E-state index in [4.69, 9.17) is 16.9 Å². The first-order valence-corrected chi connectivity index (χ1v) is 13.1. The highest BCUT2D eigenvalue weighted by atomic mass is 35.5. The second kappa shape index (κ2) is 12.8. The minimum absolute atomic E-state index is 0.122. The summed E-state index contributed by atoms with van der Waals surface area (Å²) in [5.74, 6) is 5.22. The van der Waals surface area contributed by atoms with Crippen LogP contribution in [0.15, 0.2) is 81.2 Å². The maximum absolute atomic E-state index is 12.7. The van der Waals surface area contributed by atoms with E-state index in [2.05, 4.69) is 23.2 Å². The summed E-state index contributed by atoms with van der Waals surface area (Å²) in [6, 6.07) is 19.9. The Kier molecular flexibility index (Phi) is 9.03. The maximum atomic E-state index is 12.7. The van der Waals surface area contributed by atoms with Crippen LogP contribution in [0.4, 0.5) is 5.69 Å². The van der Waals surface area contributed by atoms with Crippen molar-refractivity contribution in [1.82, 2.24) is 13.7 Å². The van der Waals surface area contributed by atoms with Crippen LogP contribution in [0.2, 0.25) is 5.15 Å². The van der Waals surface area contributed by atoms with Gasteiger partial charge >= 0.3 is 5.69 Å². The highest BCUT2D eigenvalue weighted by Gasteiger charge is 2.18. The number of amides is 1. The zero-order chi connectivity index (χ0) is 29.5. The SMILES string of the molecule is Cc1ccc(CCC(=O)Nc2c(Cl)n(CC#Cc3ccn(Cc4cccc(C#N)c4)c(=O)c3)c(=O)n(C)c2=O)cc1. The third kappa shape index (κ3) is 7.10. The average Bonchev–Trinajstić information content (AvgIpc) is 2.97. The molecule has 41 heavy (non-hydrogen) atoms. The van der Waals surface area contributed by atoms with E-state index in [0.717, 1.165) is 25.8 Å². The first-order chi connectivity index (χ1) is 19.7. The minimum Gasteiger partial charge on any atom is -0.319 e. The summed E-state index contributed by atoms with van der Waals surface area (Å²) >= 11 is 6.39. The van der Waals surface area contributed by atoms with Crippen LogP contribution in [0, 0.1) is 30.1 Å². The lowest BCUT2D eigenvalue weighted by Gasteiger charge is -2.13. The first-order valence-electron chi connectivity index (χ1n) is 12.7. The highest BCUT2D eigenvalue weighted by Crippen LogP contribution is 2.16. The number of nitrogens with zero attached hydrogens (tertiary/aromatic N) is 4. The number of carbonyl (C=O) groups excluding carboxylic acids is 1. The largest absolute Gasteiger partial charge is 0.332 e. The molecule has 2 heterocycles. The molecule has 1 amide bonds. The van der Waals surface area contributed by atoms with Gasteiger partial charge in [0.05, 0.1) is 24.7 Å². The highest BCUT2D eigenvalue weighted by molar-refractivity contribution is 6.32. The molecule has 0 spiro atoms. The van der Waals surface area contributed by atoms with Crippen molar-refractivity contribution in [2.75, 3.05) is 5.32 Å². The van der Waals surface area contributed by atoms with Crippen molar-refractivity contribution in [1.29, 1.82) is 5.26 Å². The number of halogens is 1. The summed E-state index contributed by atoms with van der Waals surface area (Å²) in [5.41, 5.74) is 1.93. The lowest BCUT2D eigenvalue weighted by molar-refractivity contribution is -0.116. The molecule has 0 aliphatic carbocycles. The molecule has 1 N–H and O–H groups in total. The number of aryl methyl sites for hydroxylation is 2. The summed E-state index contributed by atoms with van der Waals surface area (Å²) in [4.78, 5) is 50.6. The number of anilines is 1. The van der Waals surface area contributed by atoms with Crippen molar-refractivity contribution in [2.45, 2.75) is 32.9 Å². The van der Waals surface area contributed by atoms with Crippen LogP contribution < -0.4 is 22.1 Å². The van der Waals surface area contributed by atoms with Gasteiger partial charge in [-0.1, -0.05) is 65.4 Å². The van der Waals surface area contributed by atoms with Crippen molar-refractivity contribution >= 4 is 23.2 Å². The molecule has 10 heteroatoms. The van der Waals surface area contributed by atoms with Crippen molar-refractivity contribution in [2.24, 2.45) is 7.05 Å². The molecule has 0 saturated heterocycles. The lowest BCUT2D eigenvalue weighted by atomic mass is 10.1. The van der Waals surface area contributed by atoms with Gasteiger partial charge < -0.3 is 9.88 Å². The van der Waals surface area contributed by atoms with Crippen molar-refractivity contribution < 1.29 is 4.79 Å². The number of pyridine rings is 1. The van der Waals surface area contributed by atoms with Crippen LogP contribution in [0.3, 0.4) is 0 Å². The molecule has 0 aliphatic heterocycles. The fourth-order valence-corrected chi connectivity index (χ4v) is 4.33. The van der Waals surface area contributed by atoms with Crippen molar-refractivity contribution in [3.05, 3.63) is 131 Å². The Morgan fingerprint density at radius 3 is 2.46 bits per heavy atom. The number of rotatable bonds is 7. The van der Waals surface area contributed by atoms with Gasteiger partial charge in [-0.05, 0) is 42.7 Å². The summed E-state index contributed by atoms with van der Waals surface area (Å²) in [6.07, 6.45) is 2.19. The molecule has 0 atom stereocenters. The Hall–Kier alpha value is -5.12. The summed E-state index contributed by atoms with van der Waals surface area (Å²) in [5, 5.41) is 11.4. The third-order valence-corrected chi connectivity index (χ3v) is 6.77. The van der Waals surface area contributed by atoms with E-state index >= 15 is 0 Å². The molecule has 4 aromatic rings. The molecule has 0 fully saturated rings. The molecular weight excluding hydrogens is 542 g/mol. The summed E-state index contributed by atoms with van der Waals surface area (Å²) in [6.45, 7) is 2.09. The number of hydrogen-bond donors (Lipinski definition) is 1. The number of nitriles is 1. The lowest BCUT2D eigenvalue weighted by Crippen LogP contribution is -2.40. The molecule has 2 aromatic heterocycles. The van der Waals surface area contributed by atoms with Crippen LogP contribution in [-0.2, 0) is 31.4 Å². The van der Waals surface area contributed by atoms with Crippen LogP contribution in [-0.4, -0.2) is 19.6 Å². The normalized spacial score (nSPS) is 10.4. The van der Waals surface area contributed by atoms with E-state index in [9.17, 15) is 19.2 Å². The van der Waals surface area contributed by atoms with E-state index in [1.807, 2.05) is 37.3 Å². The molecule has 0 saturated carbocycles. The maximum Gasteiger partial charge on any atom is 0.332 e. The van der Waals surface area contributed by atoms with Gasteiger partial charge in [0.1, 0.15) is 10.8 Å². The fourth-order valence-electron chi connectivity index (χ4n) is 4.07. The molecule has 206 valence electrons. The minimum atomic E-state index is -0.725. The first kappa shape index (κ1) is 28.9. The monoisotopic (exact) mass is 567 g/mol.